The molecule has 0 saturated heterocycles. The van der Waals surface area contributed by atoms with Gasteiger partial charge in [0.15, 0.2) is 0 Å². The summed E-state index contributed by atoms with van der Waals surface area (Å²) in [7, 11) is 0. The number of aryl methyl sites for hydroxylation is 1. The smallest absolute Gasteiger partial charge is 0.227 e. The third-order valence-corrected chi connectivity index (χ3v) is 4.42. The second-order valence-corrected chi connectivity index (χ2v) is 6.55. The van der Waals surface area contributed by atoms with Gasteiger partial charge in [-0.15, -0.1) is 0 Å². The lowest BCUT2D eigenvalue weighted by molar-refractivity contribution is 0.148. The normalized spacial score (nSPS) is 15.9. The first kappa shape index (κ1) is 17.4. The first-order valence-corrected chi connectivity index (χ1v) is 9.23. The number of hydrogen-bond donors (Lipinski definition) is 1. The van der Waals surface area contributed by atoms with E-state index in [0.29, 0.717) is 19.2 Å². The molecule has 0 fully saturated rings. The van der Waals surface area contributed by atoms with Crippen molar-refractivity contribution in [3.8, 4) is 11.3 Å². The Balaban J connectivity index is 1.66. The molecule has 0 saturated carbocycles. The van der Waals surface area contributed by atoms with E-state index in [4.69, 9.17) is 4.74 Å². The molecule has 0 spiro atoms. The van der Waals surface area contributed by atoms with E-state index in [9.17, 15) is 0 Å². The Bertz CT molecular complexity index is 939. The number of aromatic nitrogens is 3. The minimum absolute atomic E-state index is 0.534. The van der Waals surface area contributed by atoms with E-state index in [0.717, 1.165) is 41.8 Å². The quantitative estimate of drug-likeness (QED) is 0.591. The summed E-state index contributed by atoms with van der Waals surface area (Å²) < 4.78 is 5.74. The zero-order chi connectivity index (χ0) is 18.3. The van der Waals surface area contributed by atoms with Gasteiger partial charge in [-0.2, -0.15) is 0 Å². The average molecular weight is 358 g/mol. The van der Waals surface area contributed by atoms with Crippen molar-refractivity contribution in [3.05, 3.63) is 78.3 Å². The number of fused-ring (bicyclic) bond motifs is 7. The lowest BCUT2D eigenvalue weighted by Crippen LogP contribution is -2.00. The van der Waals surface area contributed by atoms with Crippen LogP contribution in [0.4, 0.5) is 11.6 Å². The van der Waals surface area contributed by atoms with Crippen LogP contribution in [0.25, 0.3) is 11.3 Å². The standard InChI is InChI=1S/C22H22N4O/c1-2-4-11-27-16-18-12-19(15-23-14-18)21-9-10-24-22(26-21)25-20-8-5-7-17(13-20)6-3-1/h2,4-5,7-10,12-15H,1,3,6,11,16H2,(H,24,25,26)/b4-2+. The lowest BCUT2D eigenvalue weighted by Gasteiger charge is -2.09. The van der Waals surface area contributed by atoms with E-state index in [-0.39, 0.29) is 0 Å². The fourth-order valence-corrected chi connectivity index (χ4v) is 3.07. The summed E-state index contributed by atoms with van der Waals surface area (Å²) in [4.78, 5) is 13.3. The second-order valence-electron chi connectivity index (χ2n) is 6.55. The van der Waals surface area contributed by atoms with Crippen LogP contribution in [0.1, 0.15) is 24.0 Å². The first-order valence-electron chi connectivity index (χ1n) is 9.23. The number of nitrogens with zero attached hydrogens (tertiary/aromatic N) is 3. The van der Waals surface area contributed by atoms with Gasteiger partial charge in [-0.3, -0.25) is 4.98 Å². The van der Waals surface area contributed by atoms with Crippen LogP contribution in [-0.4, -0.2) is 21.6 Å². The maximum Gasteiger partial charge on any atom is 0.227 e. The van der Waals surface area contributed by atoms with E-state index >= 15 is 0 Å². The van der Waals surface area contributed by atoms with Crippen molar-refractivity contribution in [2.45, 2.75) is 25.9 Å². The molecule has 4 rings (SSSR count). The predicted molar refractivity (Wildman–Crippen MR) is 107 cm³/mol. The van der Waals surface area contributed by atoms with Gasteiger partial charge in [-0.05, 0) is 54.7 Å². The molecule has 2 aromatic heterocycles. The summed E-state index contributed by atoms with van der Waals surface area (Å²) in [6.45, 7) is 1.15. The van der Waals surface area contributed by atoms with Gasteiger partial charge in [0.25, 0.3) is 0 Å². The molecule has 0 aliphatic carbocycles. The van der Waals surface area contributed by atoms with Crippen LogP contribution in [0.2, 0.25) is 0 Å². The van der Waals surface area contributed by atoms with E-state index in [2.05, 4.69) is 56.7 Å². The number of pyridine rings is 1. The number of rotatable bonds is 0. The molecule has 0 atom stereocenters. The van der Waals surface area contributed by atoms with E-state index < -0.39 is 0 Å². The number of anilines is 2. The summed E-state index contributed by atoms with van der Waals surface area (Å²) in [5.41, 5.74) is 5.12. The molecular formula is C22H22N4O. The first-order chi connectivity index (χ1) is 13.4. The fraction of sp³-hybridized carbons (Fsp3) is 0.227. The van der Waals surface area contributed by atoms with E-state index in [1.807, 2.05) is 24.5 Å². The van der Waals surface area contributed by atoms with Crippen LogP contribution < -0.4 is 5.32 Å². The number of benzene rings is 1. The number of ether oxygens (including phenoxy) is 1. The zero-order valence-corrected chi connectivity index (χ0v) is 15.1. The van der Waals surface area contributed by atoms with Crippen molar-refractivity contribution in [3.63, 3.8) is 0 Å². The lowest BCUT2D eigenvalue weighted by atomic mass is 10.1. The highest BCUT2D eigenvalue weighted by atomic mass is 16.5. The Morgan fingerprint density at radius 1 is 1.00 bits per heavy atom. The third-order valence-electron chi connectivity index (χ3n) is 4.42. The SMILES string of the molecule is C1=C/COCc2cncc(c2)-c2ccnc(n2)Nc2cccc(c2)CCC/1. The molecule has 3 aromatic rings. The Hall–Kier alpha value is -3.05. The highest BCUT2D eigenvalue weighted by molar-refractivity contribution is 5.62. The summed E-state index contributed by atoms with van der Waals surface area (Å²) in [6, 6.07) is 12.4. The highest BCUT2D eigenvalue weighted by Gasteiger charge is 2.06. The maximum absolute atomic E-state index is 5.74. The summed E-state index contributed by atoms with van der Waals surface area (Å²) in [5.74, 6) is 0.579. The van der Waals surface area contributed by atoms with Crippen LogP contribution in [0.3, 0.4) is 0 Å². The van der Waals surface area contributed by atoms with Crippen LogP contribution >= 0.6 is 0 Å². The topological polar surface area (TPSA) is 59.9 Å². The predicted octanol–water partition coefficient (Wildman–Crippen LogP) is 4.69. The third kappa shape index (κ3) is 4.77. The molecule has 0 amide bonds. The van der Waals surface area contributed by atoms with Gasteiger partial charge in [0.1, 0.15) is 0 Å². The van der Waals surface area contributed by atoms with Gasteiger partial charge in [0, 0.05) is 29.8 Å². The molecule has 3 heterocycles. The van der Waals surface area contributed by atoms with Crippen molar-refractivity contribution in [1.29, 1.82) is 0 Å². The minimum Gasteiger partial charge on any atom is -0.373 e. The number of nitrogens with one attached hydrogen (secondary N) is 1. The van der Waals surface area contributed by atoms with Gasteiger partial charge >= 0.3 is 0 Å². The molecule has 136 valence electrons. The van der Waals surface area contributed by atoms with Crippen molar-refractivity contribution < 1.29 is 4.74 Å². The minimum atomic E-state index is 0.534. The Morgan fingerprint density at radius 2 is 2.00 bits per heavy atom. The van der Waals surface area contributed by atoms with Crippen molar-refractivity contribution >= 4 is 11.6 Å². The molecule has 1 N–H and O–H groups in total. The highest BCUT2D eigenvalue weighted by Crippen LogP contribution is 2.21. The van der Waals surface area contributed by atoms with Gasteiger partial charge < -0.3 is 10.1 Å². The molecule has 1 aromatic carbocycles. The molecule has 6 bridgehead atoms. The van der Waals surface area contributed by atoms with E-state index in [1.165, 1.54) is 5.56 Å². The summed E-state index contributed by atoms with van der Waals surface area (Å²) in [6.07, 6.45) is 12.9. The molecule has 5 heteroatoms. The van der Waals surface area contributed by atoms with Crippen LogP contribution in [0, 0.1) is 0 Å². The van der Waals surface area contributed by atoms with Crippen LogP contribution in [-0.2, 0) is 17.8 Å². The Labute approximate surface area is 159 Å². The van der Waals surface area contributed by atoms with Gasteiger partial charge in [0.2, 0.25) is 5.95 Å². The number of allylic oxidation sites excluding steroid dienone is 1. The van der Waals surface area contributed by atoms with E-state index in [1.54, 1.807) is 6.20 Å². The molecule has 1 aliphatic heterocycles. The van der Waals surface area contributed by atoms with Crippen molar-refractivity contribution in [2.75, 3.05) is 11.9 Å². The molecule has 0 radical (unpaired) electrons. The zero-order valence-electron chi connectivity index (χ0n) is 15.1. The molecular weight excluding hydrogens is 336 g/mol. The van der Waals surface area contributed by atoms with Crippen molar-refractivity contribution in [2.24, 2.45) is 0 Å². The molecule has 5 nitrogen and oxygen atoms in total. The monoisotopic (exact) mass is 358 g/mol. The summed E-state index contributed by atoms with van der Waals surface area (Å²) in [5, 5.41) is 3.31. The van der Waals surface area contributed by atoms with Crippen LogP contribution in [0.5, 0.6) is 0 Å². The van der Waals surface area contributed by atoms with Gasteiger partial charge in [0.05, 0.1) is 18.9 Å². The van der Waals surface area contributed by atoms with Crippen LogP contribution in [0.15, 0.2) is 67.1 Å². The number of hydrogen-bond acceptors (Lipinski definition) is 5. The molecule has 0 unspecified atom stereocenters. The molecule has 27 heavy (non-hydrogen) atoms. The molecule has 1 aliphatic rings. The average Bonchev–Trinajstić information content (AvgIpc) is 2.70. The summed E-state index contributed by atoms with van der Waals surface area (Å²) >= 11 is 0. The van der Waals surface area contributed by atoms with Gasteiger partial charge in [-0.25, -0.2) is 9.97 Å². The second kappa shape index (κ2) is 8.56. The maximum atomic E-state index is 5.74. The van der Waals surface area contributed by atoms with Crippen molar-refractivity contribution in [1.82, 2.24) is 15.0 Å². The largest absolute Gasteiger partial charge is 0.373 e. The van der Waals surface area contributed by atoms with Gasteiger partial charge in [-0.1, -0.05) is 24.3 Å². The Kier molecular flexibility index (Phi) is 5.50. The fourth-order valence-electron chi connectivity index (χ4n) is 3.07. The Morgan fingerprint density at radius 3 is 3.00 bits per heavy atom.